The molecule has 0 aliphatic heterocycles. The molecule has 3 aliphatic rings. The summed E-state index contributed by atoms with van der Waals surface area (Å²) in [6.45, 7) is 7.37. The fraction of sp³-hybridized carbons (Fsp3) is 0.536. The molecule has 0 saturated heterocycles. The number of rotatable bonds is 4. The van der Waals surface area contributed by atoms with E-state index in [9.17, 15) is 4.79 Å². The van der Waals surface area contributed by atoms with E-state index in [4.69, 9.17) is 4.74 Å². The van der Waals surface area contributed by atoms with Crippen molar-refractivity contribution in [2.45, 2.75) is 71.1 Å². The standard InChI is InChI=1S/C28H34O2/c1-4-15-30-21-9-6-19(7-10-21)24-17-28(3)25(13-14-26(28)29)23-12-8-20-16-18(2)5-11-22(20)27(23)24/h5-7,9-11,16,23-25,27H,4,8,12-15,17H2,1-3H3/t23?,24-,25?,27?,28+/m1/s1. The zero-order valence-electron chi connectivity index (χ0n) is 18.6. The molecule has 0 aromatic heterocycles. The summed E-state index contributed by atoms with van der Waals surface area (Å²) < 4.78 is 5.83. The van der Waals surface area contributed by atoms with Crippen LogP contribution in [0.25, 0.3) is 0 Å². The first-order valence-corrected chi connectivity index (χ1v) is 11.9. The van der Waals surface area contributed by atoms with E-state index in [1.54, 1.807) is 5.56 Å². The van der Waals surface area contributed by atoms with Gasteiger partial charge < -0.3 is 4.74 Å². The van der Waals surface area contributed by atoms with E-state index < -0.39 is 0 Å². The van der Waals surface area contributed by atoms with Crippen molar-refractivity contribution in [2.24, 2.45) is 17.3 Å². The molecule has 0 heterocycles. The average Bonchev–Trinajstić information content (AvgIpc) is 3.06. The molecule has 2 nitrogen and oxygen atoms in total. The van der Waals surface area contributed by atoms with Crippen molar-refractivity contribution in [1.82, 2.24) is 0 Å². The number of Topliss-reactive ketones (excluding diaryl/α,β-unsaturated/α-hetero) is 1. The Balaban J connectivity index is 1.57. The number of hydrogen-bond donors (Lipinski definition) is 0. The summed E-state index contributed by atoms with van der Waals surface area (Å²) in [6, 6.07) is 15.9. The minimum atomic E-state index is -0.147. The van der Waals surface area contributed by atoms with Gasteiger partial charge in [-0.15, -0.1) is 0 Å². The lowest BCUT2D eigenvalue weighted by Gasteiger charge is -2.52. The summed E-state index contributed by atoms with van der Waals surface area (Å²) in [4.78, 5) is 13.0. The molecule has 0 radical (unpaired) electrons. The Morgan fingerprint density at radius 3 is 2.63 bits per heavy atom. The summed E-state index contributed by atoms with van der Waals surface area (Å²) in [5.74, 6) is 3.56. The van der Waals surface area contributed by atoms with E-state index in [0.29, 0.717) is 29.5 Å². The second-order valence-electron chi connectivity index (χ2n) is 10.1. The Labute approximate surface area is 181 Å². The number of aryl methyl sites for hydroxylation is 2. The Bertz CT molecular complexity index is 944. The lowest BCUT2D eigenvalue weighted by molar-refractivity contribution is -0.130. The van der Waals surface area contributed by atoms with Crippen LogP contribution in [0.15, 0.2) is 42.5 Å². The molecule has 30 heavy (non-hydrogen) atoms. The van der Waals surface area contributed by atoms with Gasteiger partial charge in [0.15, 0.2) is 0 Å². The van der Waals surface area contributed by atoms with E-state index in [-0.39, 0.29) is 5.41 Å². The molecule has 0 spiro atoms. The van der Waals surface area contributed by atoms with Gasteiger partial charge in [0.2, 0.25) is 0 Å². The van der Waals surface area contributed by atoms with Crippen molar-refractivity contribution in [1.29, 1.82) is 0 Å². The molecule has 2 aromatic carbocycles. The first kappa shape index (κ1) is 19.8. The molecule has 158 valence electrons. The van der Waals surface area contributed by atoms with E-state index >= 15 is 0 Å². The highest BCUT2D eigenvalue weighted by molar-refractivity contribution is 5.87. The summed E-state index contributed by atoms with van der Waals surface area (Å²) in [7, 11) is 0. The molecule has 3 aliphatic carbocycles. The predicted molar refractivity (Wildman–Crippen MR) is 121 cm³/mol. The quantitative estimate of drug-likeness (QED) is 0.576. The van der Waals surface area contributed by atoms with Gasteiger partial charge in [0, 0.05) is 11.8 Å². The maximum absolute atomic E-state index is 13.0. The number of fused-ring (bicyclic) bond motifs is 5. The molecule has 2 saturated carbocycles. The van der Waals surface area contributed by atoms with Crippen LogP contribution in [0.3, 0.4) is 0 Å². The van der Waals surface area contributed by atoms with Gasteiger partial charge in [-0.2, -0.15) is 0 Å². The zero-order valence-corrected chi connectivity index (χ0v) is 18.6. The smallest absolute Gasteiger partial charge is 0.139 e. The monoisotopic (exact) mass is 402 g/mol. The molecule has 0 amide bonds. The Kier molecular flexibility index (Phi) is 5.00. The third-order valence-electron chi connectivity index (χ3n) is 8.38. The minimum Gasteiger partial charge on any atom is -0.494 e. The highest BCUT2D eigenvalue weighted by atomic mass is 16.5. The van der Waals surface area contributed by atoms with Crippen molar-refractivity contribution < 1.29 is 9.53 Å². The Hall–Kier alpha value is -2.09. The zero-order chi connectivity index (χ0) is 20.9. The molecule has 3 unspecified atom stereocenters. The first-order valence-electron chi connectivity index (χ1n) is 11.9. The summed E-state index contributed by atoms with van der Waals surface area (Å²) in [5.41, 5.74) is 5.68. The number of hydrogen-bond acceptors (Lipinski definition) is 2. The van der Waals surface area contributed by atoms with Gasteiger partial charge in [-0.3, -0.25) is 4.79 Å². The molecule has 5 rings (SSSR count). The van der Waals surface area contributed by atoms with Gasteiger partial charge in [-0.25, -0.2) is 0 Å². The second-order valence-corrected chi connectivity index (χ2v) is 10.1. The molecule has 0 N–H and O–H groups in total. The van der Waals surface area contributed by atoms with Crippen LogP contribution < -0.4 is 4.74 Å². The van der Waals surface area contributed by atoms with E-state index in [1.165, 1.54) is 23.1 Å². The van der Waals surface area contributed by atoms with Crippen LogP contribution in [0.2, 0.25) is 0 Å². The first-order chi connectivity index (χ1) is 14.5. The van der Waals surface area contributed by atoms with Gasteiger partial charge >= 0.3 is 0 Å². The van der Waals surface area contributed by atoms with Crippen molar-refractivity contribution >= 4 is 5.78 Å². The van der Waals surface area contributed by atoms with Gasteiger partial charge in [0.1, 0.15) is 11.5 Å². The predicted octanol–water partition coefficient (Wildman–Crippen LogP) is 6.60. The number of carbonyl (C=O) groups excluding carboxylic acids is 1. The Morgan fingerprint density at radius 2 is 1.87 bits per heavy atom. The van der Waals surface area contributed by atoms with Crippen LogP contribution >= 0.6 is 0 Å². The summed E-state index contributed by atoms with van der Waals surface area (Å²) >= 11 is 0. The number of carbonyl (C=O) groups is 1. The van der Waals surface area contributed by atoms with E-state index in [2.05, 4.69) is 63.2 Å². The molecule has 0 bridgehead atoms. The van der Waals surface area contributed by atoms with Crippen LogP contribution in [-0.4, -0.2) is 12.4 Å². The van der Waals surface area contributed by atoms with Crippen LogP contribution in [0.5, 0.6) is 5.75 Å². The third kappa shape index (κ3) is 3.11. The lowest BCUT2D eigenvalue weighted by Crippen LogP contribution is -2.46. The van der Waals surface area contributed by atoms with Gasteiger partial charge in [0.25, 0.3) is 0 Å². The van der Waals surface area contributed by atoms with Crippen molar-refractivity contribution in [3.05, 3.63) is 64.7 Å². The molecule has 2 fully saturated rings. The number of benzene rings is 2. The highest BCUT2D eigenvalue weighted by Gasteiger charge is 2.57. The van der Waals surface area contributed by atoms with Crippen molar-refractivity contribution in [3.63, 3.8) is 0 Å². The molecule has 2 heteroatoms. The summed E-state index contributed by atoms with van der Waals surface area (Å²) in [5, 5.41) is 0. The number of ketones is 1. The lowest BCUT2D eigenvalue weighted by atomic mass is 9.51. The maximum atomic E-state index is 13.0. The molecular weight excluding hydrogens is 368 g/mol. The molecule has 5 atom stereocenters. The normalized spacial score (nSPS) is 32.3. The van der Waals surface area contributed by atoms with E-state index in [1.807, 2.05) is 0 Å². The highest BCUT2D eigenvalue weighted by Crippen LogP contribution is 2.63. The van der Waals surface area contributed by atoms with Crippen molar-refractivity contribution in [2.75, 3.05) is 6.61 Å². The fourth-order valence-electron chi connectivity index (χ4n) is 6.96. The van der Waals surface area contributed by atoms with Crippen molar-refractivity contribution in [3.8, 4) is 5.75 Å². The van der Waals surface area contributed by atoms with Crippen LogP contribution in [0, 0.1) is 24.2 Å². The van der Waals surface area contributed by atoms with Gasteiger partial charge in [-0.05, 0) is 91.5 Å². The van der Waals surface area contributed by atoms with Gasteiger partial charge in [0.05, 0.1) is 6.61 Å². The van der Waals surface area contributed by atoms with Crippen LogP contribution in [0.1, 0.15) is 80.0 Å². The topological polar surface area (TPSA) is 26.3 Å². The minimum absolute atomic E-state index is 0.147. The average molecular weight is 403 g/mol. The Morgan fingerprint density at radius 1 is 1.07 bits per heavy atom. The fourth-order valence-corrected chi connectivity index (χ4v) is 6.96. The largest absolute Gasteiger partial charge is 0.494 e. The molecule has 2 aromatic rings. The third-order valence-corrected chi connectivity index (χ3v) is 8.38. The second kappa shape index (κ2) is 7.55. The van der Waals surface area contributed by atoms with Gasteiger partial charge in [-0.1, -0.05) is 49.7 Å². The van der Waals surface area contributed by atoms with E-state index in [0.717, 1.165) is 44.5 Å². The van der Waals surface area contributed by atoms with Crippen LogP contribution in [-0.2, 0) is 11.2 Å². The SMILES string of the molecule is CCCOc1ccc([C@H]2C[C@]3(C)C(=O)CCC3C3CCc4cc(C)ccc4C32)cc1. The molecular formula is C28H34O2. The number of ether oxygens (including phenoxy) is 1. The summed E-state index contributed by atoms with van der Waals surface area (Å²) in [6.07, 6.45) is 6.26. The maximum Gasteiger partial charge on any atom is 0.139 e. The van der Waals surface area contributed by atoms with Crippen LogP contribution in [0.4, 0.5) is 0 Å².